The first kappa shape index (κ1) is 30.9. The van der Waals surface area contributed by atoms with Crippen LogP contribution in [0.15, 0.2) is 125 Å². The minimum Gasteiger partial charge on any atom is -0.384 e. The number of aromatic nitrogens is 3. The Labute approximate surface area is 313 Å². The largest absolute Gasteiger partial charge is 0.384 e. The fourth-order valence-corrected chi connectivity index (χ4v) is 8.57. The van der Waals surface area contributed by atoms with Crippen LogP contribution in [0.2, 0.25) is 0 Å². The lowest BCUT2D eigenvalue weighted by atomic mass is 9.86. The van der Waals surface area contributed by atoms with Crippen LogP contribution in [0, 0.1) is 11.8 Å². The van der Waals surface area contributed by atoms with E-state index >= 15 is 0 Å². The first-order valence-electron chi connectivity index (χ1n) is 19.0. The number of pyridine rings is 3. The van der Waals surface area contributed by atoms with Crippen LogP contribution in [0.1, 0.15) is 48.1 Å². The second-order valence-corrected chi connectivity index (χ2v) is 14.5. The van der Waals surface area contributed by atoms with Gasteiger partial charge in [-0.3, -0.25) is 4.99 Å². The number of fused-ring (bicyclic) bond motifs is 6. The summed E-state index contributed by atoms with van der Waals surface area (Å²) in [7, 11) is 0. The molecule has 256 valence electrons. The lowest BCUT2D eigenvalue weighted by Crippen LogP contribution is -2.21. The molecule has 1 N–H and O–H groups in total. The van der Waals surface area contributed by atoms with E-state index in [0.29, 0.717) is 0 Å². The van der Waals surface area contributed by atoms with Crippen molar-refractivity contribution in [2.45, 2.75) is 38.5 Å². The van der Waals surface area contributed by atoms with Gasteiger partial charge in [0, 0.05) is 57.7 Å². The highest BCUT2D eigenvalue weighted by molar-refractivity contribution is 5.96. The van der Waals surface area contributed by atoms with Crippen molar-refractivity contribution in [2.24, 2.45) is 4.99 Å². The molecule has 5 nitrogen and oxygen atoms in total. The summed E-state index contributed by atoms with van der Waals surface area (Å²) in [4.78, 5) is 20.3. The molecule has 4 aliphatic rings. The van der Waals surface area contributed by atoms with Crippen molar-refractivity contribution in [3.63, 3.8) is 0 Å². The Hall–Kier alpha value is -6.64. The van der Waals surface area contributed by atoms with Gasteiger partial charge in [0.05, 0.1) is 44.9 Å². The smallest absolute Gasteiger partial charge is 0.0968 e. The molecule has 0 bridgehead atoms. The summed E-state index contributed by atoms with van der Waals surface area (Å²) in [5.41, 5.74) is 19.0. The van der Waals surface area contributed by atoms with Gasteiger partial charge in [-0.1, -0.05) is 84.7 Å². The second-order valence-electron chi connectivity index (χ2n) is 14.5. The topological polar surface area (TPSA) is 63.1 Å². The van der Waals surface area contributed by atoms with Gasteiger partial charge in [-0.25, -0.2) is 15.0 Å². The van der Waals surface area contributed by atoms with Gasteiger partial charge in [-0.2, -0.15) is 0 Å². The maximum Gasteiger partial charge on any atom is 0.0968 e. The molecule has 0 spiro atoms. The number of aliphatic imine (C=N–C) groups is 1. The van der Waals surface area contributed by atoms with E-state index in [4.69, 9.17) is 19.9 Å². The molecule has 0 atom stereocenters. The molecule has 3 aromatic heterocycles. The van der Waals surface area contributed by atoms with E-state index in [0.717, 1.165) is 123 Å². The Bertz CT molecular complexity index is 2950. The van der Waals surface area contributed by atoms with Crippen LogP contribution in [0.5, 0.6) is 0 Å². The third-order valence-corrected chi connectivity index (χ3v) is 11.3. The van der Waals surface area contributed by atoms with Crippen LogP contribution in [0.4, 0.5) is 5.69 Å². The van der Waals surface area contributed by atoms with E-state index in [1.807, 2.05) is 6.21 Å². The highest BCUT2D eigenvalue weighted by Gasteiger charge is 2.21. The predicted molar refractivity (Wildman–Crippen MR) is 222 cm³/mol. The van der Waals surface area contributed by atoms with Crippen LogP contribution in [-0.4, -0.2) is 27.7 Å². The number of hydrogen-bond acceptors (Lipinski definition) is 5. The maximum absolute atomic E-state index is 5.22. The second kappa shape index (κ2) is 12.5. The SMILES string of the molecule is C1#CC2=C(CC1)NCC=C2c1ccc2cc(-c3ccc4nc(-c5ccc(-c6ccc7ccc8c(c7n6)N=CCC8)c6c5CCC=C6)ccc4c3)ccc2n1. The van der Waals surface area contributed by atoms with Gasteiger partial charge < -0.3 is 5.32 Å². The zero-order valence-corrected chi connectivity index (χ0v) is 29.8. The van der Waals surface area contributed by atoms with Crippen molar-refractivity contribution in [1.82, 2.24) is 20.3 Å². The summed E-state index contributed by atoms with van der Waals surface area (Å²) >= 11 is 0. The summed E-state index contributed by atoms with van der Waals surface area (Å²) in [5, 5.41) is 6.87. The highest BCUT2D eigenvalue weighted by atomic mass is 14.9. The number of allylic oxidation sites excluding steroid dienone is 4. The Morgan fingerprint density at radius 2 is 1.37 bits per heavy atom. The molecule has 2 aliphatic heterocycles. The van der Waals surface area contributed by atoms with Gasteiger partial charge >= 0.3 is 0 Å². The zero-order chi connectivity index (χ0) is 35.6. The van der Waals surface area contributed by atoms with Crippen molar-refractivity contribution < 1.29 is 0 Å². The van der Waals surface area contributed by atoms with E-state index in [1.54, 1.807) is 0 Å². The molecular weight excluding hydrogens is 659 g/mol. The van der Waals surface area contributed by atoms with E-state index in [-0.39, 0.29) is 0 Å². The van der Waals surface area contributed by atoms with Gasteiger partial charge in [-0.05, 0) is 102 Å². The fraction of sp³-hybridized carbons (Fsp3) is 0.143. The number of benzene rings is 4. The maximum atomic E-state index is 5.22. The molecule has 2 aliphatic carbocycles. The monoisotopic (exact) mass is 693 g/mol. The van der Waals surface area contributed by atoms with E-state index in [1.165, 1.54) is 33.5 Å². The molecule has 4 aromatic carbocycles. The van der Waals surface area contributed by atoms with Crippen molar-refractivity contribution in [1.29, 1.82) is 0 Å². The average molecular weight is 694 g/mol. The molecule has 5 heteroatoms. The van der Waals surface area contributed by atoms with Crippen LogP contribution >= 0.6 is 0 Å². The zero-order valence-electron chi connectivity index (χ0n) is 29.8. The van der Waals surface area contributed by atoms with Crippen LogP contribution in [-0.2, 0) is 12.8 Å². The molecule has 0 unspecified atom stereocenters. The summed E-state index contributed by atoms with van der Waals surface area (Å²) in [6, 6.07) is 35.1. The van der Waals surface area contributed by atoms with E-state index in [2.05, 4.69) is 132 Å². The Kier molecular flexibility index (Phi) is 7.16. The number of nitrogens with one attached hydrogen (secondary N) is 1. The minimum atomic E-state index is 0.820. The normalized spacial score (nSPS) is 15.7. The third kappa shape index (κ3) is 5.17. The average Bonchev–Trinajstić information content (AvgIpc) is 3.25. The summed E-state index contributed by atoms with van der Waals surface area (Å²) in [6.07, 6.45) is 14.7. The number of nitrogens with zero attached hydrogens (tertiary/aromatic N) is 4. The molecule has 0 saturated carbocycles. The molecule has 0 saturated heterocycles. The highest BCUT2D eigenvalue weighted by Crippen LogP contribution is 2.39. The summed E-state index contributed by atoms with van der Waals surface area (Å²) in [5.74, 6) is 6.63. The van der Waals surface area contributed by atoms with E-state index < -0.39 is 0 Å². The fourth-order valence-electron chi connectivity index (χ4n) is 8.57. The Morgan fingerprint density at radius 1 is 0.630 bits per heavy atom. The van der Waals surface area contributed by atoms with Crippen molar-refractivity contribution in [3.05, 3.63) is 143 Å². The third-order valence-electron chi connectivity index (χ3n) is 11.3. The van der Waals surface area contributed by atoms with Gasteiger partial charge in [0.25, 0.3) is 0 Å². The Morgan fingerprint density at radius 3 is 2.22 bits per heavy atom. The molecule has 11 rings (SSSR count). The van der Waals surface area contributed by atoms with Gasteiger partial charge in [0.15, 0.2) is 0 Å². The summed E-state index contributed by atoms with van der Waals surface area (Å²) in [6.45, 7) is 0.820. The molecule has 5 heterocycles. The standard InChI is InChI=1S/C49H35N5/c1-2-8-37-36(7-1)39(18-19-40(37)47-22-13-31-12-11-30-6-5-26-51-48(30)49(31)54-47)45-23-16-34-28-32(14-20-42(34)52-45)33-15-21-43-35(29-33)17-24-46(53-43)41-25-27-50-44-10-4-3-9-38(41)44/h2,8,11-26,28-29,50H,1,4-7,10,27H2. The van der Waals surface area contributed by atoms with Crippen molar-refractivity contribution in [2.75, 3.05) is 6.54 Å². The first-order chi connectivity index (χ1) is 26.7. The van der Waals surface area contributed by atoms with Gasteiger partial charge in [-0.15, -0.1) is 0 Å². The lowest BCUT2D eigenvalue weighted by Gasteiger charge is -2.21. The first-order valence-corrected chi connectivity index (χ1v) is 19.0. The van der Waals surface area contributed by atoms with Crippen LogP contribution in [0.3, 0.4) is 0 Å². The predicted octanol–water partition coefficient (Wildman–Crippen LogP) is 11.0. The lowest BCUT2D eigenvalue weighted by molar-refractivity contribution is 0.796. The van der Waals surface area contributed by atoms with Crippen LogP contribution < -0.4 is 5.32 Å². The van der Waals surface area contributed by atoms with Gasteiger partial charge in [0.1, 0.15) is 0 Å². The van der Waals surface area contributed by atoms with Crippen molar-refractivity contribution in [3.8, 4) is 45.5 Å². The molecular formula is C49H35N5. The molecule has 0 fully saturated rings. The molecule has 54 heavy (non-hydrogen) atoms. The number of aryl methyl sites for hydroxylation is 1. The number of hydrogen-bond donors (Lipinski definition) is 1. The Balaban J connectivity index is 0.912. The quantitative estimate of drug-likeness (QED) is 0.186. The number of dihydropyridines is 1. The van der Waals surface area contributed by atoms with E-state index in [9.17, 15) is 0 Å². The summed E-state index contributed by atoms with van der Waals surface area (Å²) < 4.78 is 0. The molecule has 0 amide bonds. The molecule has 7 aromatic rings. The van der Waals surface area contributed by atoms with Crippen LogP contribution in [0.25, 0.3) is 78.0 Å². The number of rotatable bonds is 4. The van der Waals surface area contributed by atoms with Crippen molar-refractivity contribution >= 4 is 56.3 Å². The van der Waals surface area contributed by atoms with Gasteiger partial charge in [0.2, 0.25) is 0 Å². The minimum absolute atomic E-state index is 0.820. The molecule has 0 radical (unpaired) electrons.